The molecule has 0 aliphatic heterocycles. The molecular weight excluding hydrogens is 379 g/mol. The smallest absolute Gasteiger partial charge is 0.250 e. The number of ether oxygens (including phenoxy) is 2. The molecule has 26 heavy (non-hydrogen) atoms. The molecule has 0 spiro atoms. The summed E-state index contributed by atoms with van der Waals surface area (Å²) in [5.74, 6) is -0.547. The fourth-order valence-corrected chi connectivity index (χ4v) is 2.55. The van der Waals surface area contributed by atoms with Crippen molar-refractivity contribution in [3.8, 4) is 11.5 Å². The summed E-state index contributed by atoms with van der Waals surface area (Å²) in [5, 5.41) is 3.30. The minimum Gasteiger partial charge on any atom is -0.493 e. The Labute approximate surface area is 160 Å². The second kappa shape index (κ2) is 8.60. The number of anilines is 1. The lowest BCUT2D eigenvalue weighted by Gasteiger charge is -2.13. The maximum absolute atomic E-state index is 12.2. The van der Waals surface area contributed by atoms with Crippen molar-refractivity contribution in [3.63, 3.8) is 0 Å². The number of nitrogens with two attached hydrogens (primary N) is 1. The number of carbonyl (C=O) groups is 2. The van der Waals surface area contributed by atoms with Gasteiger partial charge in [-0.05, 0) is 23.8 Å². The molecule has 0 aromatic heterocycles. The normalized spacial score (nSPS) is 10.6. The van der Waals surface area contributed by atoms with Gasteiger partial charge in [0.1, 0.15) is 0 Å². The highest BCUT2D eigenvalue weighted by Gasteiger charge is 2.16. The number of methoxy groups -OCH3 is 2. The molecule has 3 N–H and O–H groups in total. The Balaban J connectivity index is 2.29. The van der Waals surface area contributed by atoms with Crippen LogP contribution in [0.25, 0.3) is 6.08 Å². The summed E-state index contributed by atoms with van der Waals surface area (Å²) in [4.78, 5) is 23.9. The van der Waals surface area contributed by atoms with Crippen molar-refractivity contribution in [3.05, 3.63) is 57.6 Å². The van der Waals surface area contributed by atoms with Gasteiger partial charge in [0.25, 0.3) is 5.91 Å². The van der Waals surface area contributed by atoms with Gasteiger partial charge in [0, 0.05) is 12.1 Å². The number of nitrogens with one attached hydrogen (secondary N) is 1. The summed E-state index contributed by atoms with van der Waals surface area (Å²) >= 11 is 12.0. The molecule has 0 radical (unpaired) electrons. The molecule has 0 aliphatic carbocycles. The summed E-state index contributed by atoms with van der Waals surface area (Å²) in [7, 11) is 2.87. The van der Waals surface area contributed by atoms with Gasteiger partial charge in [-0.1, -0.05) is 35.3 Å². The van der Waals surface area contributed by atoms with E-state index in [-0.39, 0.29) is 11.3 Å². The molecule has 8 heteroatoms. The van der Waals surface area contributed by atoms with Crippen molar-refractivity contribution < 1.29 is 19.1 Å². The molecule has 2 aromatic rings. The van der Waals surface area contributed by atoms with Gasteiger partial charge in [-0.2, -0.15) is 0 Å². The first-order chi connectivity index (χ1) is 12.4. The molecule has 0 atom stereocenters. The van der Waals surface area contributed by atoms with E-state index >= 15 is 0 Å². The molecule has 6 nitrogen and oxygen atoms in total. The van der Waals surface area contributed by atoms with E-state index in [0.717, 1.165) is 0 Å². The van der Waals surface area contributed by atoms with Crippen molar-refractivity contribution in [1.82, 2.24) is 0 Å². The SMILES string of the molecule is COc1cc(NC(=O)/C=C/c2cccc(Cl)c2Cl)c(C(N)=O)cc1OC. The average molecular weight is 395 g/mol. The van der Waals surface area contributed by atoms with Crippen LogP contribution in [0.4, 0.5) is 5.69 Å². The Morgan fingerprint density at radius 1 is 1.12 bits per heavy atom. The fraction of sp³-hybridized carbons (Fsp3) is 0.111. The van der Waals surface area contributed by atoms with E-state index in [4.69, 9.17) is 38.4 Å². The lowest BCUT2D eigenvalue weighted by atomic mass is 10.1. The lowest BCUT2D eigenvalue weighted by Crippen LogP contribution is -2.17. The highest BCUT2D eigenvalue weighted by atomic mass is 35.5. The van der Waals surface area contributed by atoms with E-state index in [1.807, 2.05) is 0 Å². The van der Waals surface area contributed by atoms with E-state index in [2.05, 4.69) is 5.32 Å². The summed E-state index contributed by atoms with van der Waals surface area (Å²) in [6.45, 7) is 0. The minimum absolute atomic E-state index is 0.0881. The van der Waals surface area contributed by atoms with E-state index in [1.54, 1.807) is 18.2 Å². The quantitative estimate of drug-likeness (QED) is 0.729. The predicted molar refractivity (Wildman–Crippen MR) is 102 cm³/mol. The standard InChI is InChI=1S/C18H16Cl2N2O4/c1-25-14-8-11(18(21)24)13(9-15(14)26-2)22-16(23)7-6-10-4-3-5-12(19)17(10)20/h3-9H,1-2H3,(H2,21,24)(H,22,23)/b7-6+. The Bertz CT molecular complexity index is 882. The zero-order valence-corrected chi connectivity index (χ0v) is 15.5. The molecule has 0 fully saturated rings. The summed E-state index contributed by atoms with van der Waals surface area (Å²) in [5.41, 5.74) is 6.23. The average Bonchev–Trinajstić information content (AvgIpc) is 2.62. The molecule has 2 aromatic carbocycles. The number of benzene rings is 2. The van der Waals surface area contributed by atoms with Crippen molar-refractivity contribution in [1.29, 1.82) is 0 Å². The zero-order chi connectivity index (χ0) is 19.3. The first-order valence-corrected chi connectivity index (χ1v) is 8.11. The van der Waals surface area contributed by atoms with Crippen LogP contribution in [0.3, 0.4) is 0 Å². The third kappa shape index (κ3) is 4.47. The number of primary amides is 1. The van der Waals surface area contributed by atoms with Gasteiger partial charge < -0.3 is 20.5 Å². The Morgan fingerprint density at radius 3 is 2.38 bits per heavy atom. The maximum Gasteiger partial charge on any atom is 0.250 e. The molecule has 0 saturated heterocycles. The molecular formula is C18H16Cl2N2O4. The number of amides is 2. The molecule has 0 bridgehead atoms. The molecule has 136 valence electrons. The van der Waals surface area contributed by atoms with Crippen molar-refractivity contribution >= 4 is 46.8 Å². The van der Waals surface area contributed by atoms with Crippen LogP contribution in [0.1, 0.15) is 15.9 Å². The van der Waals surface area contributed by atoms with Gasteiger partial charge in [-0.25, -0.2) is 0 Å². The summed E-state index contributed by atoms with van der Waals surface area (Å²) in [6, 6.07) is 7.92. The number of halogens is 2. The Hall–Kier alpha value is -2.70. The van der Waals surface area contributed by atoms with Gasteiger partial charge in [0.2, 0.25) is 5.91 Å². The topological polar surface area (TPSA) is 90.6 Å². The molecule has 0 aliphatic rings. The van der Waals surface area contributed by atoms with E-state index in [0.29, 0.717) is 27.1 Å². The molecule has 0 unspecified atom stereocenters. The van der Waals surface area contributed by atoms with E-state index < -0.39 is 11.8 Å². The fourth-order valence-electron chi connectivity index (χ4n) is 2.18. The first kappa shape index (κ1) is 19.6. The van der Waals surface area contributed by atoms with Gasteiger partial charge in [-0.15, -0.1) is 0 Å². The predicted octanol–water partition coefficient (Wildman–Crippen LogP) is 3.76. The van der Waals surface area contributed by atoms with E-state index in [9.17, 15) is 9.59 Å². The Kier molecular flexibility index (Phi) is 6.49. The van der Waals surface area contributed by atoms with Crippen LogP contribution in [0.15, 0.2) is 36.4 Å². The van der Waals surface area contributed by atoms with Crippen LogP contribution in [0.2, 0.25) is 10.0 Å². The first-order valence-electron chi connectivity index (χ1n) is 7.36. The third-order valence-electron chi connectivity index (χ3n) is 3.44. The molecule has 2 amide bonds. The Morgan fingerprint density at radius 2 is 1.77 bits per heavy atom. The second-order valence-corrected chi connectivity index (χ2v) is 5.87. The van der Waals surface area contributed by atoms with Crippen LogP contribution in [0, 0.1) is 0 Å². The van der Waals surface area contributed by atoms with Crippen LogP contribution < -0.4 is 20.5 Å². The monoisotopic (exact) mass is 394 g/mol. The van der Waals surface area contributed by atoms with Gasteiger partial charge in [0.05, 0.1) is 35.5 Å². The largest absolute Gasteiger partial charge is 0.493 e. The van der Waals surface area contributed by atoms with Crippen molar-refractivity contribution in [2.75, 3.05) is 19.5 Å². The third-order valence-corrected chi connectivity index (χ3v) is 4.28. The van der Waals surface area contributed by atoms with Crippen LogP contribution in [0.5, 0.6) is 11.5 Å². The number of carbonyl (C=O) groups excluding carboxylic acids is 2. The highest BCUT2D eigenvalue weighted by molar-refractivity contribution is 6.42. The van der Waals surface area contributed by atoms with Crippen LogP contribution >= 0.6 is 23.2 Å². The molecule has 2 rings (SSSR count). The van der Waals surface area contributed by atoms with Gasteiger partial charge in [-0.3, -0.25) is 9.59 Å². The highest BCUT2D eigenvalue weighted by Crippen LogP contribution is 2.33. The second-order valence-electron chi connectivity index (χ2n) is 5.08. The molecule has 0 saturated carbocycles. The summed E-state index contributed by atoms with van der Waals surface area (Å²) in [6.07, 6.45) is 2.77. The van der Waals surface area contributed by atoms with Crippen molar-refractivity contribution in [2.45, 2.75) is 0 Å². The number of rotatable bonds is 6. The number of hydrogen-bond donors (Lipinski definition) is 2. The van der Waals surface area contributed by atoms with Crippen LogP contribution in [-0.2, 0) is 4.79 Å². The number of hydrogen-bond acceptors (Lipinski definition) is 4. The van der Waals surface area contributed by atoms with Gasteiger partial charge in [0.15, 0.2) is 11.5 Å². The van der Waals surface area contributed by atoms with Crippen molar-refractivity contribution in [2.24, 2.45) is 5.73 Å². The molecule has 0 heterocycles. The zero-order valence-electron chi connectivity index (χ0n) is 14.0. The van der Waals surface area contributed by atoms with Gasteiger partial charge >= 0.3 is 0 Å². The lowest BCUT2D eigenvalue weighted by molar-refractivity contribution is -0.111. The maximum atomic E-state index is 12.2. The van der Waals surface area contributed by atoms with Crippen LogP contribution in [-0.4, -0.2) is 26.0 Å². The minimum atomic E-state index is -0.719. The summed E-state index contributed by atoms with van der Waals surface area (Å²) < 4.78 is 10.3. The van der Waals surface area contributed by atoms with E-state index in [1.165, 1.54) is 38.5 Å².